The average molecular weight is 357 g/mol. The van der Waals surface area contributed by atoms with Crippen LogP contribution in [-0.4, -0.2) is 37.8 Å². The maximum absolute atomic E-state index is 12.5. The SMILES string of the molecule is CCOC1CC(N)(C(=O)NCCc2ccccc2OC)C1(C)C.Cl. The Labute approximate surface area is 150 Å². The predicted molar refractivity (Wildman–Crippen MR) is 97.7 cm³/mol. The maximum atomic E-state index is 12.5. The average Bonchev–Trinajstić information content (AvgIpc) is 2.54. The second kappa shape index (κ2) is 8.19. The van der Waals surface area contributed by atoms with Crippen molar-refractivity contribution in [2.24, 2.45) is 11.1 Å². The molecule has 0 bridgehead atoms. The van der Waals surface area contributed by atoms with Crippen molar-refractivity contribution in [3.8, 4) is 5.75 Å². The second-order valence-electron chi connectivity index (χ2n) is 6.66. The van der Waals surface area contributed by atoms with E-state index in [0.717, 1.165) is 11.3 Å². The van der Waals surface area contributed by atoms with Crippen LogP contribution in [0, 0.1) is 5.41 Å². The van der Waals surface area contributed by atoms with Crippen molar-refractivity contribution in [2.45, 2.75) is 45.3 Å². The van der Waals surface area contributed by atoms with Crippen molar-refractivity contribution in [2.75, 3.05) is 20.3 Å². The molecule has 5 nitrogen and oxygen atoms in total. The van der Waals surface area contributed by atoms with Gasteiger partial charge in [-0.2, -0.15) is 0 Å². The van der Waals surface area contributed by atoms with Crippen LogP contribution >= 0.6 is 12.4 Å². The summed E-state index contributed by atoms with van der Waals surface area (Å²) in [6.45, 7) is 7.13. The molecule has 2 rings (SSSR count). The van der Waals surface area contributed by atoms with Crippen molar-refractivity contribution in [3.63, 3.8) is 0 Å². The summed E-state index contributed by atoms with van der Waals surface area (Å²) in [4.78, 5) is 12.5. The van der Waals surface area contributed by atoms with Crippen molar-refractivity contribution in [3.05, 3.63) is 29.8 Å². The van der Waals surface area contributed by atoms with Gasteiger partial charge in [0, 0.05) is 25.0 Å². The molecule has 1 amide bonds. The van der Waals surface area contributed by atoms with Gasteiger partial charge in [-0.15, -0.1) is 12.4 Å². The van der Waals surface area contributed by atoms with Crippen molar-refractivity contribution in [1.82, 2.24) is 5.32 Å². The van der Waals surface area contributed by atoms with Gasteiger partial charge in [0.25, 0.3) is 0 Å². The Hall–Kier alpha value is -1.30. The monoisotopic (exact) mass is 356 g/mol. The van der Waals surface area contributed by atoms with Crippen LogP contribution < -0.4 is 15.8 Å². The number of halogens is 1. The van der Waals surface area contributed by atoms with E-state index < -0.39 is 5.54 Å². The fourth-order valence-electron chi connectivity index (χ4n) is 3.20. The van der Waals surface area contributed by atoms with Gasteiger partial charge in [0.15, 0.2) is 0 Å². The number of nitrogens with two attached hydrogens (primary N) is 1. The predicted octanol–water partition coefficient (Wildman–Crippen LogP) is 2.31. The lowest BCUT2D eigenvalue weighted by Crippen LogP contribution is -2.75. The van der Waals surface area contributed by atoms with Crippen LogP contribution in [0.2, 0.25) is 0 Å². The molecule has 2 atom stereocenters. The molecule has 2 unspecified atom stereocenters. The van der Waals surface area contributed by atoms with Gasteiger partial charge < -0.3 is 20.5 Å². The fourth-order valence-corrected chi connectivity index (χ4v) is 3.20. The smallest absolute Gasteiger partial charge is 0.240 e. The summed E-state index contributed by atoms with van der Waals surface area (Å²) in [6.07, 6.45) is 1.31. The largest absolute Gasteiger partial charge is 0.496 e. The minimum absolute atomic E-state index is 0. The van der Waals surface area contributed by atoms with Gasteiger partial charge in [0.2, 0.25) is 5.91 Å². The Balaban J connectivity index is 0.00000288. The van der Waals surface area contributed by atoms with E-state index >= 15 is 0 Å². The highest BCUT2D eigenvalue weighted by Crippen LogP contribution is 2.49. The van der Waals surface area contributed by atoms with E-state index in [-0.39, 0.29) is 29.8 Å². The molecule has 3 N–H and O–H groups in total. The number of methoxy groups -OCH3 is 1. The van der Waals surface area contributed by atoms with E-state index in [1.54, 1.807) is 7.11 Å². The van der Waals surface area contributed by atoms with Crippen LogP contribution in [0.15, 0.2) is 24.3 Å². The molecule has 1 aliphatic rings. The maximum Gasteiger partial charge on any atom is 0.240 e. The third-order valence-corrected chi connectivity index (χ3v) is 5.11. The van der Waals surface area contributed by atoms with E-state index in [4.69, 9.17) is 15.2 Å². The minimum Gasteiger partial charge on any atom is -0.496 e. The lowest BCUT2D eigenvalue weighted by molar-refractivity contribution is -0.170. The molecule has 0 spiro atoms. The third-order valence-electron chi connectivity index (χ3n) is 5.11. The van der Waals surface area contributed by atoms with Crippen LogP contribution in [0.4, 0.5) is 0 Å². The zero-order valence-electron chi connectivity index (χ0n) is 14.9. The van der Waals surface area contributed by atoms with Crippen molar-refractivity contribution < 1.29 is 14.3 Å². The molecule has 6 heteroatoms. The van der Waals surface area contributed by atoms with Gasteiger partial charge in [-0.05, 0) is 25.0 Å². The molecule has 0 aromatic heterocycles. The zero-order valence-corrected chi connectivity index (χ0v) is 15.7. The van der Waals surface area contributed by atoms with E-state index in [2.05, 4.69) is 5.32 Å². The zero-order chi connectivity index (χ0) is 17.1. The molecule has 136 valence electrons. The van der Waals surface area contributed by atoms with Crippen molar-refractivity contribution in [1.29, 1.82) is 0 Å². The third kappa shape index (κ3) is 3.68. The molecule has 1 aromatic carbocycles. The quantitative estimate of drug-likeness (QED) is 0.786. The van der Waals surface area contributed by atoms with E-state index in [0.29, 0.717) is 26.0 Å². The number of para-hydroxylation sites is 1. The number of hydrogen-bond donors (Lipinski definition) is 2. The topological polar surface area (TPSA) is 73.6 Å². The standard InChI is InChI=1S/C18H28N2O3.ClH/c1-5-23-15-12-18(19,17(15,2)3)16(21)20-11-10-13-8-6-7-9-14(13)22-4;/h6-9,15H,5,10-12,19H2,1-4H3,(H,20,21);1H. The molecule has 0 aliphatic heterocycles. The number of ether oxygens (including phenoxy) is 2. The number of benzene rings is 1. The van der Waals surface area contributed by atoms with Crippen LogP contribution in [0.1, 0.15) is 32.8 Å². The highest BCUT2D eigenvalue weighted by atomic mass is 35.5. The Morgan fingerprint density at radius 3 is 2.62 bits per heavy atom. The fraction of sp³-hybridized carbons (Fsp3) is 0.611. The molecular formula is C18H29ClN2O3. The number of hydrogen-bond acceptors (Lipinski definition) is 4. The summed E-state index contributed by atoms with van der Waals surface area (Å²) in [7, 11) is 1.65. The minimum atomic E-state index is -0.867. The molecule has 24 heavy (non-hydrogen) atoms. The molecule has 0 heterocycles. The summed E-state index contributed by atoms with van der Waals surface area (Å²) in [5.74, 6) is 0.734. The second-order valence-corrected chi connectivity index (χ2v) is 6.66. The van der Waals surface area contributed by atoms with Crippen molar-refractivity contribution >= 4 is 18.3 Å². The molecular weight excluding hydrogens is 328 g/mol. The number of nitrogens with one attached hydrogen (secondary N) is 1. The molecule has 1 aromatic rings. The molecule has 1 aliphatic carbocycles. The molecule has 0 radical (unpaired) electrons. The van der Waals surface area contributed by atoms with E-state index in [1.807, 2.05) is 45.0 Å². The summed E-state index contributed by atoms with van der Waals surface area (Å²) in [5, 5.41) is 2.97. The number of carbonyl (C=O) groups is 1. The van der Waals surface area contributed by atoms with Gasteiger partial charge in [-0.3, -0.25) is 4.79 Å². The Morgan fingerprint density at radius 1 is 1.38 bits per heavy atom. The van der Waals surface area contributed by atoms with Gasteiger partial charge in [-0.25, -0.2) is 0 Å². The highest BCUT2D eigenvalue weighted by molar-refractivity contribution is 5.88. The van der Waals surface area contributed by atoms with Gasteiger partial charge in [-0.1, -0.05) is 32.0 Å². The number of amides is 1. The molecule has 0 saturated heterocycles. The first-order valence-electron chi connectivity index (χ1n) is 8.17. The van der Waals surface area contributed by atoms with E-state index in [9.17, 15) is 4.79 Å². The van der Waals surface area contributed by atoms with Crippen LogP contribution in [0.3, 0.4) is 0 Å². The van der Waals surface area contributed by atoms with Gasteiger partial charge in [0.05, 0.1) is 13.2 Å². The van der Waals surface area contributed by atoms with Crippen LogP contribution in [0.5, 0.6) is 5.75 Å². The Bertz CT molecular complexity index is 565. The van der Waals surface area contributed by atoms with Crippen LogP contribution in [0.25, 0.3) is 0 Å². The summed E-state index contributed by atoms with van der Waals surface area (Å²) in [5.41, 5.74) is 6.20. The van der Waals surface area contributed by atoms with E-state index in [1.165, 1.54) is 0 Å². The molecule has 1 saturated carbocycles. The number of carbonyl (C=O) groups excluding carboxylic acids is 1. The first-order chi connectivity index (χ1) is 10.9. The summed E-state index contributed by atoms with van der Waals surface area (Å²) < 4.78 is 11.0. The van der Waals surface area contributed by atoms with Gasteiger partial charge >= 0.3 is 0 Å². The van der Waals surface area contributed by atoms with Crippen LogP contribution in [-0.2, 0) is 16.0 Å². The highest BCUT2D eigenvalue weighted by Gasteiger charge is 2.62. The lowest BCUT2D eigenvalue weighted by Gasteiger charge is -2.57. The normalized spacial score (nSPS) is 24.5. The van der Waals surface area contributed by atoms with Gasteiger partial charge in [0.1, 0.15) is 11.3 Å². The number of rotatable bonds is 7. The first-order valence-corrected chi connectivity index (χ1v) is 8.17. The lowest BCUT2D eigenvalue weighted by atomic mass is 9.54. The summed E-state index contributed by atoms with van der Waals surface area (Å²) in [6, 6.07) is 7.82. The first kappa shape index (κ1) is 20.7. The summed E-state index contributed by atoms with van der Waals surface area (Å²) >= 11 is 0. The Morgan fingerprint density at radius 2 is 2.04 bits per heavy atom. The Kier molecular flexibility index (Phi) is 7.08. The molecule has 1 fully saturated rings.